The highest BCUT2D eigenvalue weighted by Crippen LogP contribution is 2.28. The average molecular weight is 535 g/mol. The number of hydrogen-bond donors (Lipinski definition) is 2. The minimum absolute atomic E-state index is 0.0302. The average Bonchev–Trinajstić information content (AvgIpc) is 2.93. The number of rotatable bonds is 9. The monoisotopic (exact) mass is 534 g/mol. The van der Waals surface area contributed by atoms with Gasteiger partial charge in [0.2, 0.25) is 11.8 Å². The predicted octanol–water partition coefficient (Wildman–Crippen LogP) is 1.04. The van der Waals surface area contributed by atoms with Crippen molar-refractivity contribution in [3.05, 3.63) is 65.7 Å². The molecule has 2 heterocycles. The fourth-order valence-electron chi connectivity index (χ4n) is 4.89. The van der Waals surface area contributed by atoms with E-state index in [1.165, 1.54) is 19.8 Å². The first-order chi connectivity index (χ1) is 18.8. The van der Waals surface area contributed by atoms with Gasteiger partial charge in [0.15, 0.2) is 0 Å². The molecule has 39 heavy (non-hydrogen) atoms. The Morgan fingerprint density at radius 3 is 2.46 bits per heavy atom. The summed E-state index contributed by atoms with van der Waals surface area (Å²) < 4.78 is 5.18. The maximum Gasteiger partial charge on any atom is 0.334 e. The highest BCUT2D eigenvalue weighted by molar-refractivity contribution is 5.93. The standard InChI is InChI=1S/C27H30N6O6/c1-39-21-9-7-19(8-10-21)11-13-30-17-23-32(22(26(30)37)15-25(35)36)24(34)18-31(14-12-28)33(23)27(38)29-16-20-5-3-2-4-6-20/h2-10,22-23H,11,13-18H2,1H3,(H,29,38)(H,35,36)/t22?,23-/m0/s1. The summed E-state index contributed by atoms with van der Waals surface area (Å²) in [5.74, 6) is -1.55. The fraction of sp³-hybridized carbons (Fsp3) is 0.370. The zero-order chi connectivity index (χ0) is 27.9. The molecule has 2 aromatic rings. The van der Waals surface area contributed by atoms with Crippen molar-refractivity contribution in [2.24, 2.45) is 0 Å². The van der Waals surface area contributed by atoms with E-state index in [-0.39, 0.29) is 32.7 Å². The van der Waals surface area contributed by atoms with Crippen LogP contribution in [-0.2, 0) is 27.3 Å². The lowest BCUT2D eigenvalue weighted by Crippen LogP contribution is -2.76. The molecule has 4 amide bonds. The Hall–Kier alpha value is -4.63. The van der Waals surface area contributed by atoms with Gasteiger partial charge in [0.25, 0.3) is 0 Å². The van der Waals surface area contributed by atoms with Crippen molar-refractivity contribution in [2.75, 3.05) is 33.3 Å². The first-order valence-electron chi connectivity index (χ1n) is 12.5. The maximum atomic E-state index is 13.5. The molecule has 2 saturated heterocycles. The third-order valence-electron chi connectivity index (χ3n) is 6.78. The van der Waals surface area contributed by atoms with Gasteiger partial charge in [0.1, 0.15) is 24.5 Å². The molecule has 2 fully saturated rings. The number of hydrogen-bond acceptors (Lipinski definition) is 7. The van der Waals surface area contributed by atoms with Crippen molar-refractivity contribution in [3.63, 3.8) is 0 Å². The number of carboxylic acids is 1. The van der Waals surface area contributed by atoms with E-state index in [0.29, 0.717) is 12.2 Å². The summed E-state index contributed by atoms with van der Waals surface area (Å²) >= 11 is 0. The number of benzene rings is 2. The van der Waals surface area contributed by atoms with E-state index < -0.39 is 42.4 Å². The van der Waals surface area contributed by atoms with Crippen molar-refractivity contribution in [2.45, 2.75) is 31.6 Å². The second-order valence-electron chi connectivity index (χ2n) is 9.25. The third-order valence-corrected chi connectivity index (χ3v) is 6.78. The van der Waals surface area contributed by atoms with E-state index >= 15 is 0 Å². The molecule has 204 valence electrons. The second kappa shape index (κ2) is 12.3. The topological polar surface area (TPSA) is 147 Å². The Labute approximate surface area is 225 Å². The maximum absolute atomic E-state index is 13.5. The fourth-order valence-corrected chi connectivity index (χ4v) is 4.89. The summed E-state index contributed by atoms with van der Waals surface area (Å²) in [6.45, 7) is -0.152. The number of hydrazine groups is 1. The zero-order valence-electron chi connectivity index (χ0n) is 21.5. The van der Waals surface area contributed by atoms with Crippen LogP contribution in [0.3, 0.4) is 0 Å². The van der Waals surface area contributed by atoms with E-state index in [0.717, 1.165) is 11.1 Å². The predicted molar refractivity (Wildman–Crippen MR) is 138 cm³/mol. The molecular weight excluding hydrogens is 504 g/mol. The van der Waals surface area contributed by atoms with Gasteiger partial charge < -0.3 is 25.0 Å². The number of methoxy groups -OCH3 is 1. The Bertz CT molecular complexity index is 1250. The largest absolute Gasteiger partial charge is 0.497 e. The van der Waals surface area contributed by atoms with Gasteiger partial charge in [-0.15, -0.1) is 0 Å². The number of carboxylic acid groups (broad SMARTS) is 1. The molecule has 2 aliphatic rings. The quantitative estimate of drug-likeness (QED) is 0.454. The molecule has 1 unspecified atom stereocenters. The van der Waals surface area contributed by atoms with Gasteiger partial charge in [-0.25, -0.2) is 9.80 Å². The molecule has 0 aliphatic carbocycles. The van der Waals surface area contributed by atoms with E-state index in [1.807, 2.05) is 48.5 Å². The summed E-state index contributed by atoms with van der Waals surface area (Å²) in [5.41, 5.74) is 1.79. The first kappa shape index (κ1) is 27.4. The van der Waals surface area contributed by atoms with Crippen LogP contribution in [0.2, 0.25) is 0 Å². The van der Waals surface area contributed by atoms with Crippen LogP contribution in [0.5, 0.6) is 5.75 Å². The number of nitrogens with one attached hydrogen (secondary N) is 1. The molecule has 12 nitrogen and oxygen atoms in total. The van der Waals surface area contributed by atoms with Crippen LogP contribution in [0.4, 0.5) is 4.79 Å². The molecule has 2 N–H and O–H groups in total. The van der Waals surface area contributed by atoms with E-state index in [4.69, 9.17) is 4.74 Å². The molecule has 2 atom stereocenters. The Morgan fingerprint density at radius 1 is 1.10 bits per heavy atom. The molecule has 4 rings (SSSR count). The number of carbonyl (C=O) groups excluding carboxylic acids is 3. The van der Waals surface area contributed by atoms with Crippen LogP contribution in [0.15, 0.2) is 54.6 Å². The molecule has 0 aromatic heterocycles. The Kier molecular flexibility index (Phi) is 8.63. The van der Waals surface area contributed by atoms with Crippen molar-refractivity contribution < 1.29 is 29.0 Å². The van der Waals surface area contributed by atoms with Crippen LogP contribution in [0.25, 0.3) is 0 Å². The Balaban J connectivity index is 1.60. The number of urea groups is 1. The molecule has 0 bridgehead atoms. The van der Waals surface area contributed by atoms with Crippen LogP contribution >= 0.6 is 0 Å². The van der Waals surface area contributed by atoms with Crippen molar-refractivity contribution in [1.29, 1.82) is 5.26 Å². The van der Waals surface area contributed by atoms with Gasteiger partial charge in [-0.1, -0.05) is 42.5 Å². The number of nitrogens with zero attached hydrogens (tertiary/aromatic N) is 5. The molecule has 0 saturated carbocycles. The van der Waals surface area contributed by atoms with Crippen LogP contribution in [-0.4, -0.2) is 94.2 Å². The summed E-state index contributed by atoms with van der Waals surface area (Å²) in [6.07, 6.45) is -1.11. The van der Waals surface area contributed by atoms with Gasteiger partial charge >= 0.3 is 12.0 Å². The van der Waals surface area contributed by atoms with Crippen LogP contribution < -0.4 is 10.1 Å². The van der Waals surface area contributed by atoms with Crippen LogP contribution in [0.1, 0.15) is 17.5 Å². The van der Waals surface area contributed by atoms with E-state index in [2.05, 4.69) is 5.32 Å². The summed E-state index contributed by atoms with van der Waals surface area (Å²) in [6, 6.07) is 16.7. The number of fused-ring (bicyclic) bond motifs is 1. The molecule has 0 radical (unpaired) electrons. The summed E-state index contributed by atoms with van der Waals surface area (Å²) in [4.78, 5) is 54.5. The second-order valence-corrected chi connectivity index (χ2v) is 9.25. The van der Waals surface area contributed by atoms with Gasteiger partial charge in [-0.3, -0.25) is 14.4 Å². The Morgan fingerprint density at radius 2 is 1.82 bits per heavy atom. The highest BCUT2D eigenvalue weighted by atomic mass is 16.5. The van der Waals surface area contributed by atoms with Crippen molar-refractivity contribution in [3.8, 4) is 11.8 Å². The summed E-state index contributed by atoms with van der Waals surface area (Å²) in [5, 5.41) is 24.4. The first-order valence-corrected chi connectivity index (χ1v) is 12.5. The molecule has 2 aromatic carbocycles. The van der Waals surface area contributed by atoms with E-state index in [1.54, 1.807) is 19.2 Å². The molecule has 0 spiro atoms. The third kappa shape index (κ3) is 6.27. The number of ether oxygens (including phenoxy) is 1. The van der Waals surface area contributed by atoms with Crippen LogP contribution in [0, 0.1) is 11.3 Å². The van der Waals surface area contributed by atoms with Gasteiger partial charge in [0.05, 0.1) is 32.7 Å². The SMILES string of the molecule is COc1ccc(CCN2C[C@H]3N(C(=O)CN(CC#N)N3C(=O)NCc3ccccc3)C(CC(=O)O)C2=O)cc1. The number of nitriles is 1. The van der Waals surface area contributed by atoms with Gasteiger partial charge in [-0.2, -0.15) is 10.3 Å². The number of piperazine rings is 1. The zero-order valence-corrected chi connectivity index (χ0v) is 21.5. The minimum atomic E-state index is -1.28. The van der Waals surface area contributed by atoms with Crippen molar-refractivity contribution >= 4 is 23.8 Å². The molecular formula is C27H30N6O6. The van der Waals surface area contributed by atoms with Gasteiger partial charge in [-0.05, 0) is 29.7 Å². The lowest BCUT2D eigenvalue weighted by Gasteiger charge is -2.54. The lowest BCUT2D eigenvalue weighted by molar-refractivity contribution is -0.190. The highest BCUT2D eigenvalue weighted by Gasteiger charge is 2.51. The van der Waals surface area contributed by atoms with Gasteiger partial charge in [0, 0.05) is 13.1 Å². The number of aliphatic carboxylic acids is 1. The normalized spacial score (nSPS) is 19.3. The molecule has 12 heteroatoms. The smallest absolute Gasteiger partial charge is 0.334 e. The van der Waals surface area contributed by atoms with Crippen molar-refractivity contribution in [1.82, 2.24) is 25.1 Å². The van der Waals surface area contributed by atoms with E-state index in [9.17, 15) is 29.5 Å². The lowest BCUT2D eigenvalue weighted by atomic mass is 10.0. The summed E-state index contributed by atoms with van der Waals surface area (Å²) in [7, 11) is 1.57. The number of carbonyl (C=O) groups is 4. The number of amides is 4. The minimum Gasteiger partial charge on any atom is -0.497 e. The molecule has 2 aliphatic heterocycles.